The van der Waals surface area contributed by atoms with Gasteiger partial charge in [0.05, 0.1) is 6.54 Å². The smallest absolute Gasteiger partial charge is 0.262 e. The van der Waals surface area contributed by atoms with Crippen LogP contribution in [0.2, 0.25) is 0 Å². The lowest BCUT2D eigenvalue weighted by molar-refractivity contribution is -0.125. The van der Waals surface area contributed by atoms with Crippen LogP contribution >= 0.6 is 0 Å². The number of carbonyl (C=O) groups excluding carboxylic acids is 2. The second-order valence-corrected chi connectivity index (χ2v) is 6.44. The lowest BCUT2D eigenvalue weighted by Gasteiger charge is -2.30. The van der Waals surface area contributed by atoms with Crippen molar-refractivity contribution in [3.63, 3.8) is 0 Å². The van der Waals surface area contributed by atoms with Crippen LogP contribution in [0.3, 0.4) is 0 Å². The molecule has 2 aromatic carbocycles. The van der Waals surface area contributed by atoms with E-state index in [-0.39, 0.29) is 18.4 Å². The number of para-hydroxylation sites is 1. The van der Waals surface area contributed by atoms with E-state index in [0.717, 1.165) is 36.2 Å². The first-order chi connectivity index (χ1) is 12.6. The van der Waals surface area contributed by atoms with E-state index in [0.29, 0.717) is 0 Å². The lowest BCUT2D eigenvalue weighted by atomic mass is 10.0. The summed E-state index contributed by atoms with van der Waals surface area (Å²) < 4.78 is 0. The van der Waals surface area contributed by atoms with Gasteiger partial charge in [0.1, 0.15) is 0 Å². The highest BCUT2D eigenvalue weighted by molar-refractivity contribution is 5.93. The Bertz CT molecular complexity index is 812. The van der Waals surface area contributed by atoms with E-state index >= 15 is 0 Å². The van der Waals surface area contributed by atoms with Gasteiger partial charge >= 0.3 is 0 Å². The summed E-state index contributed by atoms with van der Waals surface area (Å²) in [6, 6.07) is 16.0. The van der Waals surface area contributed by atoms with E-state index in [1.165, 1.54) is 11.6 Å². The summed E-state index contributed by atoms with van der Waals surface area (Å²) in [4.78, 5) is 26.0. The fourth-order valence-corrected chi connectivity index (χ4v) is 3.01. The first-order valence-electron chi connectivity index (χ1n) is 8.78. The van der Waals surface area contributed by atoms with Crippen molar-refractivity contribution in [1.82, 2.24) is 10.9 Å². The molecule has 1 aliphatic heterocycles. The maximum atomic E-state index is 12.1. The second-order valence-electron chi connectivity index (χ2n) is 6.44. The molecule has 1 aliphatic rings. The molecule has 0 fully saturated rings. The Balaban J connectivity index is 1.48. The van der Waals surface area contributed by atoms with Gasteiger partial charge in [-0.2, -0.15) is 0 Å². The average molecular weight is 349 g/mol. The Labute approximate surface area is 153 Å². The van der Waals surface area contributed by atoms with Crippen molar-refractivity contribution >= 4 is 23.6 Å². The van der Waals surface area contributed by atoms with Crippen LogP contribution in [0.4, 0.5) is 5.69 Å². The molecule has 134 valence electrons. The highest BCUT2D eigenvalue weighted by Crippen LogP contribution is 2.26. The fraction of sp³-hybridized carbons (Fsp3) is 0.238. The number of carbonyl (C=O) groups is 2. The number of anilines is 1. The molecular weight excluding hydrogens is 326 g/mol. The van der Waals surface area contributed by atoms with Crippen molar-refractivity contribution in [3.8, 4) is 0 Å². The molecule has 0 radical (unpaired) electrons. The number of hydrazine groups is 1. The number of benzene rings is 2. The standard InChI is InChI=1S/C21H23N3O2/c1-16-8-10-17(11-9-16)12-13-20(25)22-23-21(26)15-24-14-4-6-18-5-2-3-7-19(18)24/h2-3,5,7-13H,4,6,14-15H2,1H3,(H,22,25)(H,23,26)/b13-12+. The largest absolute Gasteiger partial charge is 0.362 e. The number of nitrogens with zero attached hydrogens (tertiary/aromatic N) is 1. The van der Waals surface area contributed by atoms with Gasteiger partial charge < -0.3 is 4.90 Å². The molecule has 0 saturated heterocycles. The van der Waals surface area contributed by atoms with Gasteiger partial charge in [0.2, 0.25) is 0 Å². The van der Waals surface area contributed by atoms with Gasteiger partial charge in [0.25, 0.3) is 11.8 Å². The van der Waals surface area contributed by atoms with Crippen LogP contribution in [0.5, 0.6) is 0 Å². The van der Waals surface area contributed by atoms with Gasteiger partial charge in [-0.05, 0) is 43.0 Å². The third kappa shape index (κ3) is 4.72. The third-order valence-corrected chi connectivity index (χ3v) is 4.37. The van der Waals surface area contributed by atoms with Gasteiger partial charge in [0.15, 0.2) is 0 Å². The molecule has 0 unspecified atom stereocenters. The van der Waals surface area contributed by atoms with E-state index in [2.05, 4.69) is 16.9 Å². The summed E-state index contributed by atoms with van der Waals surface area (Å²) in [5, 5.41) is 0. The summed E-state index contributed by atoms with van der Waals surface area (Å²) in [5.41, 5.74) is 9.36. The number of amides is 2. The Morgan fingerprint density at radius 2 is 1.85 bits per heavy atom. The molecule has 5 heteroatoms. The molecule has 2 amide bonds. The average Bonchev–Trinajstić information content (AvgIpc) is 2.66. The Morgan fingerprint density at radius 1 is 1.08 bits per heavy atom. The van der Waals surface area contributed by atoms with Crippen LogP contribution in [0, 0.1) is 6.92 Å². The Hall–Kier alpha value is -3.08. The van der Waals surface area contributed by atoms with Crippen molar-refractivity contribution in [2.45, 2.75) is 19.8 Å². The minimum atomic E-state index is -0.363. The van der Waals surface area contributed by atoms with Crippen LogP contribution in [-0.2, 0) is 16.0 Å². The second kappa shape index (κ2) is 8.34. The Kier molecular flexibility index (Phi) is 5.69. The number of rotatable bonds is 4. The molecular formula is C21H23N3O2. The lowest BCUT2D eigenvalue weighted by Crippen LogP contribution is -2.47. The van der Waals surface area contributed by atoms with Crippen LogP contribution < -0.4 is 15.8 Å². The van der Waals surface area contributed by atoms with Crippen molar-refractivity contribution in [1.29, 1.82) is 0 Å². The zero-order chi connectivity index (χ0) is 18.4. The maximum absolute atomic E-state index is 12.1. The van der Waals surface area contributed by atoms with E-state index in [4.69, 9.17) is 0 Å². The number of hydrogen-bond acceptors (Lipinski definition) is 3. The molecule has 0 aliphatic carbocycles. The molecule has 0 aromatic heterocycles. The molecule has 0 spiro atoms. The van der Waals surface area contributed by atoms with Crippen LogP contribution in [-0.4, -0.2) is 24.9 Å². The zero-order valence-corrected chi connectivity index (χ0v) is 14.9. The third-order valence-electron chi connectivity index (χ3n) is 4.37. The minimum absolute atomic E-state index is 0.221. The number of aryl methyl sites for hydroxylation is 2. The highest BCUT2D eigenvalue weighted by atomic mass is 16.2. The Morgan fingerprint density at radius 3 is 2.65 bits per heavy atom. The molecule has 5 nitrogen and oxygen atoms in total. The highest BCUT2D eigenvalue weighted by Gasteiger charge is 2.18. The summed E-state index contributed by atoms with van der Waals surface area (Å²) >= 11 is 0. The maximum Gasteiger partial charge on any atom is 0.262 e. The van der Waals surface area contributed by atoms with Gasteiger partial charge in [-0.15, -0.1) is 0 Å². The van der Waals surface area contributed by atoms with E-state index < -0.39 is 0 Å². The predicted molar refractivity (Wildman–Crippen MR) is 103 cm³/mol. The van der Waals surface area contributed by atoms with Crippen LogP contribution in [0.15, 0.2) is 54.6 Å². The topological polar surface area (TPSA) is 61.4 Å². The predicted octanol–water partition coefficient (Wildman–Crippen LogP) is 2.61. The van der Waals surface area contributed by atoms with Gasteiger partial charge in [-0.1, -0.05) is 48.0 Å². The summed E-state index contributed by atoms with van der Waals surface area (Å²) in [7, 11) is 0. The first kappa shape index (κ1) is 17.7. The van der Waals surface area contributed by atoms with Crippen LogP contribution in [0.1, 0.15) is 23.1 Å². The minimum Gasteiger partial charge on any atom is -0.362 e. The van der Waals surface area contributed by atoms with Crippen molar-refractivity contribution < 1.29 is 9.59 Å². The molecule has 2 aromatic rings. The summed E-state index contributed by atoms with van der Waals surface area (Å²) in [5.74, 6) is -0.600. The van der Waals surface area contributed by atoms with E-state index in [1.54, 1.807) is 6.08 Å². The fourth-order valence-electron chi connectivity index (χ4n) is 3.01. The van der Waals surface area contributed by atoms with Crippen molar-refractivity contribution in [2.24, 2.45) is 0 Å². The van der Waals surface area contributed by atoms with Gasteiger partial charge in [-0.3, -0.25) is 20.4 Å². The van der Waals surface area contributed by atoms with Crippen LogP contribution in [0.25, 0.3) is 6.08 Å². The number of nitrogens with one attached hydrogen (secondary N) is 2. The molecule has 0 atom stereocenters. The molecule has 0 saturated carbocycles. The summed E-state index contributed by atoms with van der Waals surface area (Å²) in [6.45, 7) is 3.07. The zero-order valence-electron chi connectivity index (χ0n) is 14.9. The SMILES string of the molecule is Cc1ccc(/C=C/C(=O)NNC(=O)CN2CCCc3ccccc32)cc1. The summed E-state index contributed by atoms with van der Waals surface area (Å²) in [6.07, 6.45) is 5.17. The van der Waals surface area contributed by atoms with Crippen molar-refractivity contribution in [2.75, 3.05) is 18.0 Å². The van der Waals surface area contributed by atoms with Gasteiger partial charge in [0, 0.05) is 18.3 Å². The first-order valence-corrected chi connectivity index (χ1v) is 8.78. The van der Waals surface area contributed by atoms with E-state index in [1.807, 2.05) is 54.3 Å². The van der Waals surface area contributed by atoms with Crippen molar-refractivity contribution in [3.05, 3.63) is 71.3 Å². The molecule has 2 N–H and O–H groups in total. The normalized spacial score (nSPS) is 13.3. The van der Waals surface area contributed by atoms with E-state index in [9.17, 15) is 9.59 Å². The molecule has 26 heavy (non-hydrogen) atoms. The number of fused-ring (bicyclic) bond motifs is 1. The molecule has 0 bridgehead atoms. The molecule has 1 heterocycles. The quantitative estimate of drug-likeness (QED) is 0.659. The van der Waals surface area contributed by atoms with Gasteiger partial charge in [-0.25, -0.2) is 0 Å². The molecule has 3 rings (SSSR count). The number of hydrogen-bond donors (Lipinski definition) is 2. The monoisotopic (exact) mass is 349 g/mol.